The number of furan rings is 1. The Morgan fingerprint density at radius 1 is 1.18 bits per heavy atom. The summed E-state index contributed by atoms with van der Waals surface area (Å²) in [5.74, 6) is 0.582. The van der Waals surface area contributed by atoms with Gasteiger partial charge in [0.25, 0.3) is 0 Å². The van der Waals surface area contributed by atoms with Crippen LogP contribution in [0.25, 0.3) is 0 Å². The molecule has 0 aliphatic heterocycles. The second-order valence-electron chi connectivity index (χ2n) is 3.36. The molecule has 0 amide bonds. The highest BCUT2D eigenvalue weighted by atomic mass is 127. The van der Waals surface area contributed by atoms with Crippen molar-refractivity contribution in [3.63, 3.8) is 0 Å². The Bertz CT molecular complexity index is 576. The lowest BCUT2D eigenvalue weighted by Crippen LogP contribution is -2.22. The average molecular weight is 363 g/mol. The summed E-state index contributed by atoms with van der Waals surface area (Å²) in [5.41, 5.74) is 0. The average Bonchev–Trinajstić information content (AvgIpc) is 2.80. The summed E-state index contributed by atoms with van der Waals surface area (Å²) >= 11 is 2.12. The van der Waals surface area contributed by atoms with Crippen molar-refractivity contribution < 1.29 is 12.8 Å². The fourth-order valence-electron chi connectivity index (χ4n) is 1.28. The molecule has 0 aliphatic carbocycles. The summed E-state index contributed by atoms with van der Waals surface area (Å²) in [6, 6.07) is 10.1. The van der Waals surface area contributed by atoms with Crippen LogP contribution in [0, 0.1) is 3.57 Å². The molecule has 2 rings (SSSR count). The molecular formula is C11H10INO3S. The number of benzene rings is 1. The second kappa shape index (κ2) is 5.19. The van der Waals surface area contributed by atoms with Crippen molar-refractivity contribution in [3.05, 3.63) is 52.0 Å². The van der Waals surface area contributed by atoms with Crippen molar-refractivity contribution in [1.82, 2.24) is 4.72 Å². The fraction of sp³-hybridized carbons (Fsp3) is 0.0909. The lowest BCUT2D eigenvalue weighted by atomic mass is 10.4. The van der Waals surface area contributed by atoms with Crippen molar-refractivity contribution in [2.24, 2.45) is 0 Å². The molecule has 0 radical (unpaired) electrons. The van der Waals surface area contributed by atoms with Gasteiger partial charge in [-0.1, -0.05) is 0 Å². The predicted octanol–water partition coefficient (Wildman–Crippen LogP) is 2.36. The Balaban J connectivity index is 2.11. The monoisotopic (exact) mass is 363 g/mol. The minimum atomic E-state index is -3.47. The van der Waals surface area contributed by atoms with Gasteiger partial charge < -0.3 is 4.42 Å². The van der Waals surface area contributed by atoms with Gasteiger partial charge in [0.05, 0.1) is 17.7 Å². The van der Waals surface area contributed by atoms with E-state index in [9.17, 15) is 8.42 Å². The lowest BCUT2D eigenvalue weighted by Gasteiger charge is -2.05. The lowest BCUT2D eigenvalue weighted by molar-refractivity contribution is 0.498. The van der Waals surface area contributed by atoms with Crippen LogP contribution in [0.5, 0.6) is 0 Å². The summed E-state index contributed by atoms with van der Waals surface area (Å²) in [6.07, 6.45) is 1.51. The van der Waals surface area contributed by atoms with Crippen LogP contribution in [-0.2, 0) is 16.6 Å². The third-order valence-electron chi connectivity index (χ3n) is 2.14. The van der Waals surface area contributed by atoms with Crippen molar-refractivity contribution >= 4 is 32.6 Å². The second-order valence-corrected chi connectivity index (χ2v) is 6.37. The molecule has 90 valence electrons. The van der Waals surface area contributed by atoms with E-state index in [1.807, 2.05) is 0 Å². The van der Waals surface area contributed by atoms with Crippen molar-refractivity contribution in [3.8, 4) is 0 Å². The van der Waals surface area contributed by atoms with E-state index in [0.717, 1.165) is 3.57 Å². The van der Waals surface area contributed by atoms with E-state index < -0.39 is 10.0 Å². The molecule has 0 saturated carbocycles. The molecule has 1 heterocycles. The van der Waals surface area contributed by atoms with E-state index in [-0.39, 0.29) is 11.4 Å². The van der Waals surface area contributed by atoms with Gasteiger partial charge in [-0.25, -0.2) is 13.1 Å². The molecule has 4 nitrogen and oxygen atoms in total. The van der Waals surface area contributed by atoms with Crippen LogP contribution < -0.4 is 4.72 Å². The van der Waals surface area contributed by atoms with Crippen LogP contribution in [0.2, 0.25) is 0 Å². The normalized spacial score (nSPS) is 11.6. The van der Waals surface area contributed by atoms with Crippen LogP contribution in [-0.4, -0.2) is 8.42 Å². The van der Waals surface area contributed by atoms with E-state index in [2.05, 4.69) is 27.3 Å². The molecule has 6 heteroatoms. The summed E-state index contributed by atoms with van der Waals surface area (Å²) < 4.78 is 32.3. The zero-order chi connectivity index (χ0) is 12.3. The zero-order valence-corrected chi connectivity index (χ0v) is 11.7. The fourth-order valence-corrected chi connectivity index (χ4v) is 2.63. The van der Waals surface area contributed by atoms with E-state index in [1.54, 1.807) is 36.4 Å². The number of hydrogen-bond donors (Lipinski definition) is 1. The Morgan fingerprint density at radius 3 is 2.47 bits per heavy atom. The predicted molar refractivity (Wildman–Crippen MR) is 71.9 cm³/mol. The van der Waals surface area contributed by atoms with Gasteiger partial charge in [-0.3, -0.25) is 0 Å². The van der Waals surface area contributed by atoms with Crippen molar-refractivity contribution in [2.45, 2.75) is 11.4 Å². The molecule has 1 aromatic heterocycles. The Hall–Kier alpha value is -0.860. The van der Waals surface area contributed by atoms with Gasteiger partial charge in [-0.15, -0.1) is 0 Å². The Labute approximate surface area is 113 Å². The summed E-state index contributed by atoms with van der Waals surface area (Å²) in [5, 5.41) is 0. The Morgan fingerprint density at radius 2 is 1.88 bits per heavy atom. The highest BCUT2D eigenvalue weighted by molar-refractivity contribution is 14.1. The van der Waals surface area contributed by atoms with Crippen molar-refractivity contribution in [2.75, 3.05) is 0 Å². The number of nitrogens with one attached hydrogen (secondary N) is 1. The highest BCUT2D eigenvalue weighted by Crippen LogP contribution is 2.12. The minimum absolute atomic E-state index is 0.154. The molecular weight excluding hydrogens is 353 g/mol. The molecule has 0 atom stereocenters. The molecule has 0 aliphatic rings. The first-order valence-electron chi connectivity index (χ1n) is 4.85. The Kier molecular flexibility index (Phi) is 3.85. The van der Waals surface area contributed by atoms with E-state index in [0.29, 0.717) is 5.76 Å². The van der Waals surface area contributed by atoms with Gasteiger partial charge in [0.2, 0.25) is 10.0 Å². The molecule has 0 unspecified atom stereocenters. The first-order valence-corrected chi connectivity index (χ1v) is 7.42. The largest absolute Gasteiger partial charge is 0.468 e. The van der Waals surface area contributed by atoms with Gasteiger partial charge in [-0.2, -0.15) is 0 Å². The topological polar surface area (TPSA) is 59.3 Å². The quantitative estimate of drug-likeness (QED) is 0.849. The van der Waals surface area contributed by atoms with Gasteiger partial charge in [0.15, 0.2) is 0 Å². The maximum absolute atomic E-state index is 11.9. The van der Waals surface area contributed by atoms with Crippen LogP contribution >= 0.6 is 22.6 Å². The smallest absolute Gasteiger partial charge is 0.240 e. The summed E-state index contributed by atoms with van der Waals surface area (Å²) in [6.45, 7) is 0.154. The summed E-state index contributed by atoms with van der Waals surface area (Å²) in [7, 11) is -3.47. The van der Waals surface area contributed by atoms with E-state index in [1.165, 1.54) is 6.26 Å². The molecule has 0 saturated heterocycles. The van der Waals surface area contributed by atoms with Crippen LogP contribution in [0.15, 0.2) is 52.0 Å². The van der Waals surface area contributed by atoms with Crippen LogP contribution in [0.3, 0.4) is 0 Å². The summed E-state index contributed by atoms with van der Waals surface area (Å²) in [4.78, 5) is 0.254. The number of halogens is 1. The minimum Gasteiger partial charge on any atom is -0.468 e. The highest BCUT2D eigenvalue weighted by Gasteiger charge is 2.13. The molecule has 2 aromatic rings. The van der Waals surface area contributed by atoms with Gasteiger partial charge >= 0.3 is 0 Å². The zero-order valence-electron chi connectivity index (χ0n) is 8.76. The molecule has 0 spiro atoms. The third-order valence-corrected chi connectivity index (χ3v) is 4.28. The van der Waals surface area contributed by atoms with Gasteiger partial charge in [0, 0.05) is 3.57 Å². The maximum Gasteiger partial charge on any atom is 0.240 e. The van der Waals surface area contributed by atoms with Gasteiger partial charge in [-0.05, 0) is 59.0 Å². The molecule has 0 bridgehead atoms. The van der Waals surface area contributed by atoms with Crippen LogP contribution in [0.1, 0.15) is 5.76 Å². The maximum atomic E-state index is 11.9. The molecule has 1 N–H and O–H groups in total. The number of rotatable bonds is 4. The standard InChI is InChI=1S/C11H10INO3S/c12-9-3-5-11(6-4-9)17(14,15)13-8-10-2-1-7-16-10/h1-7,13H,8H2. The SMILES string of the molecule is O=S(=O)(NCc1ccco1)c1ccc(I)cc1. The molecule has 1 aromatic carbocycles. The van der Waals surface area contributed by atoms with Crippen LogP contribution in [0.4, 0.5) is 0 Å². The number of sulfonamides is 1. The first-order chi connectivity index (χ1) is 8.08. The molecule has 17 heavy (non-hydrogen) atoms. The van der Waals surface area contributed by atoms with Gasteiger partial charge in [0.1, 0.15) is 5.76 Å². The van der Waals surface area contributed by atoms with E-state index >= 15 is 0 Å². The van der Waals surface area contributed by atoms with Crippen molar-refractivity contribution in [1.29, 1.82) is 0 Å². The first kappa shape index (κ1) is 12.6. The van der Waals surface area contributed by atoms with E-state index in [4.69, 9.17) is 4.42 Å². The molecule has 0 fully saturated rings. The number of hydrogen-bond acceptors (Lipinski definition) is 3. The third kappa shape index (κ3) is 3.30.